The molecule has 0 amide bonds. The van der Waals surface area contributed by atoms with E-state index in [2.05, 4.69) is 20.2 Å². The molecular weight excluding hydrogens is 294 g/mol. The average Bonchev–Trinajstić information content (AvgIpc) is 3.17. The molecule has 0 aliphatic carbocycles. The van der Waals surface area contributed by atoms with E-state index in [1.54, 1.807) is 10.7 Å². The first-order valence-corrected chi connectivity index (χ1v) is 7.02. The molecule has 4 rings (SSSR count). The van der Waals surface area contributed by atoms with E-state index >= 15 is 0 Å². The van der Waals surface area contributed by atoms with E-state index < -0.39 is 0 Å². The number of ether oxygens (including phenoxy) is 1. The van der Waals surface area contributed by atoms with E-state index in [0.29, 0.717) is 34.7 Å². The lowest BCUT2D eigenvalue weighted by molar-refractivity contribution is 0.192. The highest BCUT2D eigenvalue weighted by molar-refractivity contribution is 6.35. The van der Waals surface area contributed by atoms with Gasteiger partial charge in [0.1, 0.15) is 5.02 Å². The molecule has 1 atom stereocenters. The summed E-state index contributed by atoms with van der Waals surface area (Å²) in [5.74, 6) is 1.13. The van der Waals surface area contributed by atoms with Crippen LogP contribution in [0.15, 0.2) is 16.9 Å². The molecule has 0 bridgehead atoms. The quantitative estimate of drug-likeness (QED) is 0.722. The lowest BCUT2D eigenvalue weighted by Gasteiger charge is -1.97. The second-order valence-electron chi connectivity index (χ2n) is 5.08. The van der Waals surface area contributed by atoms with Gasteiger partial charge < -0.3 is 9.26 Å². The maximum Gasteiger partial charge on any atom is 0.280 e. The Kier molecular flexibility index (Phi) is 2.90. The summed E-state index contributed by atoms with van der Waals surface area (Å²) in [7, 11) is 0. The average molecular weight is 306 g/mol. The van der Waals surface area contributed by atoms with Gasteiger partial charge in [-0.3, -0.25) is 0 Å². The second kappa shape index (κ2) is 4.78. The van der Waals surface area contributed by atoms with Crippen LogP contribution in [0.4, 0.5) is 0 Å². The van der Waals surface area contributed by atoms with Gasteiger partial charge in [0.15, 0.2) is 17.2 Å². The zero-order chi connectivity index (χ0) is 14.4. The number of aromatic nitrogens is 5. The van der Waals surface area contributed by atoms with Crippen molar-refractivity contribution in [2.45, 2.75) is 19.3 Å². The van der Waals surface area contributed by atoms with Crippen molar-refractivity contribution in [1.29, 1.82) is 0 Å². The van der Waals surface area contributed by atoms with Crippen LogP contribution in [0.1, 0.15) is 23.7 Å². The van der Waals surface area contributed by atoms with Crippen LogP contribution in [-0.4, -0.2) is 38.0 Å². The highest BCUT2D eigenvalue weighted by atomic mass is 35.5. The zero-order valence-corrected chi connectivity index (χ0v) is 12.0. The van der Waals surface area contributed by atoms with Gasteiger partial charge in [-0.25, -0.2) is 9.50 Å². The molecule has 0 saturated carbocycles. The normalized spacial score (nSPS) is 18.7. The van der Waals surface area contributed by atoms with Crippen LogP contribution < -0.4 is 0 Å². The predicted octanol–water partition coefficient (Wildman–Crippen LogP) is 2.25. The smallest absolute Gasteiger partial charge is 0.280 e. The number of aryl methyl sites for hydroxylation is 1. The summed E-state index contributed by atoms with van der Waals surface area (Å²) in [5, 5.41) is 8.80. The van der Waals surface area contributed by atoms with Gasteiger partial charge in [-0.1, -0.05) is 16.8 Å². The monoisotopic (exact) mass is 305 g/mol. The number of halogens is 1. The number of hydrogen-bond donors (Lipinski definition) is 0. The Morgan fingerprint density at radius 1 is 1.43 bits per heavy atom. The summed E-state index contributed by atoms with van der Waals surface area (Å²) >= 11 is 6.31. The zero-order valence-electron chi connectivity index (χ0n) is 11.3. The van der Waals surface area contributed by atoms with Gasteiger partial charge in [-0.15, -0.1) is 0 Å². The van der Waals surface area contributed by atoms with Crippen LogP contribution in [0, 0.1) is 6.92 Å². The number of fused-ring (bicyclic) bond motifs is 1. The molecule has 21 heavy (non-hydrogen) atoms. The van der Waals surface area contributed by atoms with Gasteiger partial charge in [0, 0.05) is 24.9 Å². The minimum Gasteiger partial charge on any atom is -0.381 e. The first-order valence-electron chi connectivity index (χ1n) is 6.64. The van der Waals surface area contributed by atoms with Gasteiger partial charge in [-0.2, -0.15) is 10.1 Å². The molecule has 1 aliphatic rings. The van der Waals surface area contributed by atoms with E-state index in [1.165, 1.54) is 0 Å². The Morgan fingerprint density at radius 3 is 3.14 bits per heavy atom. The Labute approximate surface area is 124 Å². The molecule has 8 heteroatoms. The third kappa shape index (κ3) is 2.09. The third-order valence-corrected chi connectivity index (χ3v) is 3.83. The molecule has 4 heterocycles. The van der Waals surface area contributed by atoms with Crippen molar-refractivity contribution in [2.24, 2.45) is 0 Å². The largest absolute Gasteiger partial charge is 0.381 e. The molecule has 0 spiro atoms. The molecule has 1 fully saturated rings. The van der Waals surface area contributed by atoms with Crippen LogP contribution >= 0.6 is 11.6 Å². The molecule has 3 aromatic rings. The van der Waals surface area contributed by atoms with Gasteiger partial charge in [-0.05, 0) is 18.9 Å². The van der Waals surface area contributed by atoms with Crippen LogP contribution in [-0.2, 0) is 4.74 Å². The Bertz CT molecular complexity index is 806. The fourth-order valence-electron chi connectivity index (χ4n) is 2.37. The molecule has 0 N–H and O–H groups in total. The summed E-state index contributed by atoms with van der Waals surface area (Å²) in [5.41, 5.74) is 2.01. The minimum absolute atomic E-state index is 0.179. The molecule has 0 radical (unpaired) electrons. The fourth-order valence-corrected chi connectivity index (χ4v) is 2.63. The lowest BCUT2D eigenvalue weighted by atomic mass is 10.1. The van der Waals surface area contributed by atoms with Gasteiger partial charge in [0.05, 0.1) is 6.61 Å². The topological polar surface area (TPSA) is 78.3 Å². The first kappa shape index (κ1) is 12.7. The first-order chi connectivity index (χ1) is 10.2. The second-order valence-corrected chi connectivity index (χ2v) is 5.46. The lowest BCUT2D eigenvalue weighted by Crippen LogP contribution is -1.99. The molecular formula is C13H12ClN5O2. The number of hydrogen-bond acceptors (Lipinski definition) is 6. The maximum atomic E-state index is 6.31. The van der Waals surface area contributed by atoms with Crippen LogP contribution in [0.3, 0.4) is 0 Å². The van der Waals surface area contributed by atoms with E-state index in [-0.39, 0.29) is 5.92 Å². The highest BCUT2D eigenvalue weighted by Gasteiger charge is 2.25. The molecule has 3 aromatic heterocycles. The van der Waals surface area contributed by atoms with E-state index in [0.717, 1.165) is 18.6 Å². The Morgan fingerprint density at radius 2 is 2.33 bits per heavy atom. The van der Waals surface area contributed by atoms with Gasteiger partial charge in [0.2, 0.25) is 0 Å². The molecule has 1 saturated heterocycles. The molecule has 0 aromatic carbocycles. The maximum absolute atomic E-state index is 6.31. The van der Waals surface area contributed by atoms with Gasteiger partial charge in [0.25, 0.3) is 5.89 Å². The van der Waals surface area contributed by atoms with Crippen molar-refractivity contribution in [3.8, 4) is 11.6 Å². The number of rotatable bonds is 2. The van der Waals surface area contributed by atoms with Crippen molar-refractivity contribution in [3.05, 3.63) is 28.8 Å². The standard InChI is InChI=1S/C13H12ClN5O2/c1-7-4-15-12-9(14)10(17-19(12)5-7)13-16-11(18-21-13)8-2-3-20-6-8/h4-5,8H,2-3,6H2,1H3. The Hall–Kier alpha value is -1.99. The molecule has 7 nitrogen and oxygen atoms in total. The number of nitrogens with zero attached hydrogens (tertiary/aromatic N) is 5. The van der Waals surface area contributed by atoms with Crippen LogP contribution in [0.2, 0.25) is 5.02 Å². The Balaban J connectivity index is 1.77. The summed E-state index contributed by atoms with van der Waals surface area (Å²) < 4.78 is 12.3. The van der Waals surface area contributed by atoms with Crippen molar-refractivity contribution >= 4 is 17.2 Å². The summed E-state index contributed by atoms with van der Waals surface area (Å²) in [4.78, 5) is 8.66. The van der Waals surface area contributed by atoms with Crippen LogP contribution in [0.25, 0.3) is 17.2 Å². The summed E-state index contributed by atoms with van der Waals surface area (Å²) in [6.07, 6.45) is 4.49. The van der Waals surface area contributed by atoms with Crippen molar-refractivity contribution in [3.63, 3.8) is 0 Å². The van der Waals surface area contributed by atoms with Crippen molar-refractivity contribution in [2.75, 3.05) is 13.2 Å². The van der Waals surface area contributed by atoms with E-state index in [4.69, 9.17) is 20.9 Å². The van der Waals surface area contributed by atoms with E-state index in [1.807, 2.05) is 13.1 Å². The third-order valence-electron chi connectivity index (χ3n) is 3.48. The molecule has 1 unspecified atom stereocenters. The minimum atomic E-state index is 0.179. The fraction of sp³-hybridized carbons (Fsp3) is 0.385. The van der Waals surface area contributed by atoms with E-state index in [9.17, 15) is 0 Å². The summed E-state index contributed by atoms with van der Waals surface area (Å²) in [6, 6.07) is 0. The van der Waals surface area contributed by atoms with Crippen molar-refractivity contribution in [1.82, 2.24) is 24.7 Å². The predicted molar refractivity (Wildman–Crippen MR) is 74.2 cm³/mol. The summed E-state index contributed by atoms with van der Waals surface area (Å²) in [6.45, 7) is 3.29. The molecule has 108 valence electrons. The van der Waals surface area contributed by atoms with Crippen LogP contribution in [0.5, 0.6) is 0 Å². The highest BCUT2D eigenvalue weighted by Crippen LogP contribution is 2.30. The molecule has 1 aliphatic heterocycles. The van der Waals surface area contributed by atoms with Crippen molar-refractivity contribution < 1.29 is 9.26 Å². The van der Waals surface area contributed by atoms with Gasteiger partial charge >= 0.3 is 0 Å². The SMILES string of the molecule is Cc1cnc2c(Cl)c(-c3nc(C4CCOC4)no3)nn2c1.